The quantitative estimate of drug-likeness (QED) is 0.456. The Kier molecular flexibility index (Phi) is 5.14. The minimum Gasteiger partial charge on any atom is -0.462 e. The summed E-state index contributed by atoms with van der Waals surface area (Å²) >= 11 is 0. The third-order valence-electron chi connectivity index (χ3n) is 2.95. The summed E-state index contributed by atoms with van der Waals surface area (Å²) in [6.07, 6.45) is 4.33. The van der Waals surface area contributed by atoms with E-state index >= 15 is 0 Å². The molecule has 7 nitrogen and oxygen atoms in total. The summed E-state index contributed by atoms with van der Waals surface area (Å²) in [6.45, 7) is 3.58. The lowest BCUT2D eigenvalue weighted by Gasteiger charge is -2.12. The minimum absolute atomic E-state index is 0.327. The molecule has 0 radical (unpaired) electrons. The zero-order valence-electron chi connectivity index (χ0n) is 12.0. The van der Waals surface area contributed by atoms with Gasteiger partial charge in [-0.05, 0) is 25.5 Å². The van der Waals surface area contributed by atoms with Crippen LogP contribution in [0.1, 0.15) is 23.7 Å². The van der Waals surface area contributed by atoms with Gasteiger partial charge in [-0.25, -0.2) is 4.79 Å². The molecule has 0 aliphatic heterocycles. The van der Waals surface area contributed by atoms with Gasteiger partial charge in [0.2, 0.25) is 0 Å². The number of rotatable bonds is 7. The molecule has 0 aliphatic rings. The molecular formula is C14H19N5O2. The molecule has 0 fully saturated rings. The average molecular weight is 289 g/mol. The standard InChI is InChI=1S/C14H19N5O2/c1-2-21-14(20)11-5-3-6-12(13(11)15)16-7-4-9-19-10-8-17-18-19/h3,5-6,8,10,16H,2,4,7,9,15H2,1H3. The molecule has 0 bridgehead atoms. The van der Waals surface area contributed by atoms with Gasteiger partial charge in [0.05, 0.1) is 29.7 Å². The van der Waals surface area contributed by atoms with Gasteiger partial charge in [0.15, 0.2) is 0 Å². The molecule has 1 aromatic carbocycles. The fraction of sp³-hybridized carbons (Fsp3) is 0.357. The first kappa shape index (κ1) is 14.8. The Balaban J connectivity index is 1.91. The van der Waals surface area contributed by atoms with Crippen LogP contribution in [0, 0.1) is 0 Å². The predicted molar refractivity (Wildman–Crippen MR) is 79.9 cm³/mol. The maximum Gasteiger partial charge on any atom is 0.340 e. The van der Waals surface area contributed by atoms with Crippen molar-refractivity contribution in [3.05, 3.63) is 36.2 Å². The van der Waals surface area contributed by atoms with Gasteiger partial charge >= 0.3 is 5.97 Å². The number of benzene rings is 1. The third-order valence-corrected chi connectivity index (χ3v) is 2.95. The zero-order chi connectivity index (χ0) is 15.1. The van der Waals surface area contributed by atoms with E-state index in [0.717, 1.165) is 25.2 Å². The lowest BCUT2D eigenvalue weighted by atomic mass is 10.1. The van der Waals surface area contributed by atoms with Crippen molar-refractivity contribution in [2.45, 2.75) is 19.9 Å². The number of carbonyl (C=O) groups is 1. The minimum atomic E-state index is -0.402. The average Bonchev–Trinajstić information content (AvgIpc) is 2.98. The highest BCUT2D eigenvalue weighted by molar-refractivity contribution is 5.98. The molecule has 2 aromatic rings. The normalized spacial score (nSPS) is 10.3. The number of nitrogen functional groups attached to an aromatic ring is 1. The number of hydrogen-bond acceptors (Lipinski definition) is 6. The number of carbonyl (C=O) groups excluding carboxylic acids is 1. The first-order valence-electron chi connectivity index (χ1n) is 6.86. The van der Waals surface area contributed by atoms with E-state index < -0.39 is 5.97 Å². The van der Waals surface area contributed by atoms with Gasteiger partial charge in [0.1, 0.15) is 0 Å². The Morgan fingerprint density at radius 2 is 2.33 bits per heavy atom. The third kappa shape index (κ3) is 3.95. The van der Waals surface area contributed by atoms with Crippen LogP contribution in [0.5, 0.6) is 0 Å². The lowest BCUT2D eigenvalue weighted by molar-refractivity contribution is 0.0527. The van der Waals surface area contributed by atoms with Gasteiger partial charge in [-0.15, -0.1) is 5.10 Å². The molecule has 0 spiro atoms. The van der Waals surface area contributed by atoms with Crippen LogP contribution in [0.15, 0.2) is 30.6 Å². The number of anilines is 2. The van der Waals surface area contributed by atoms with Crippen molar-refractivity contribution in [1.82, 2.24) is 15.0 Å². The molecule has 7 heteroatoms. The Morgan fingerprint density at radius 1 is 1.48 bits per heavy atom. The molecule has 1 aromatic heterocycles. The van der Waals surface area contributed by atoms with Crippen molar-refractivity contribution >= 4 is 17.3 Å². The van der Waals surface area contributed by atoms with Gasteiger partial charge in [-0.1, -0.05) is 11.3 Å². The van der Waals surface area contributed by atoms with Crippen LogP contribution in [-0.4, -0.2) is 34.1 Å². The van der Waals surface area contributed by atoms with E-state index in [0.29, 0.717) is 17.9 Å². The summed E-state index contributed by atoms with van der Waals surface area (Å²) < 4.78 is 6.74. The molecule has 21 heavy (non-hydrogen) atoms. The number of nitrogens with two attached hydrogens (primary N) is 1. The van der Waals surface area contributed by atoms with E-state index in [4.69, 9.17) is 10.5 Å². The second-order valence-corrected chi connectivity index (χ2v) is 4.43. The Morgan fingerprint density at radius 3 is 3.05 bits per heavy atom. The van der Waals surface area contributed by atoms with Crippen LogP contribution in [-0.2, 0) is 11.3 Å². The van der Waals surface area contributed by atoms with E-state index in [9.17, 15) is 4.79 Å². The van der Waals surface area contributed by atoms with Crippen LogP contribution < -0.4 is 11.1 Å². The first-order chi connectivity index (χ1) is 10.2. The summed E-state index contributed by atoms with van der Waals surface area (Å²) in [5, 5.41) is 10.9. The first-order valence-corrected chi connectivity index (χ1v) is 6.86. The number of para-hydroxylation sites is 1. The van der Waals surface area contributed by atoms with Crippen molar-refractivity contribution in [2.24, 2.45) is 0 Å². The van der Waals surface area contributed by atoms with Crippen LogP contribution in [0.2, 0.25) is 0 Å². The van der Waals surface area contributed by atoms with Crippen LogP contribution >= 0.6 is 0 Å². The molecular weight excluding hydrogens is 270 g/mol. The molecule has 0 atom stereocenters. The maximum atomic E-state index is 11.8. The fourth-order valence-corrected chi connectivity index (χ4v) is 1.92. The van der Waals surface area contributed by atoms with Crippen molar-refractivity contribution in [1.29, 1.82) is 0 Å². The molecule has 0 saturated heterocycles. The summed E-state index contributed by atoms with van der Waals surface area (Å²) in [6, 6.07) is 5.28. The summed E-state index contributed by atoms with van der Waals surface area (Å²) in [7, 11) is 0. The van der Waals surface area contributed by atoms with Crippen LogP contribution in [0.4, 0.5) is 11.4 Å². The Hall–Kier alpha value is -2.57. The largest absolute Gasteiger partial charge is 0.462 e. The fourth-order valence-electron chi connectivity index (χ4n) is 1.92. The van der Waals surface area contributed by atoms with E-state index in [1.54, 1.807) is 29.9 Å². The molecule has 0 unspecified atom stereocenters. The molecule has 0 saturated carbocycles. The van der Waals surface area contributed by atoms with Crippen molar-refractivity contribution in [2.75, 3.05) is 24.2 Å². The number of nitrogens with one attached hydrogen (secondary N) is 1. The number of ether oxygens (including phenoxy) is 1. The molecule has 0 amide bonds. The maximum absolute atomic E-state index is 11.8. The number of nitrogens with zero attached hydrogens (tertiary/aromatic N) is 3. The highest BCUT2D eigenvalue weighted by Gasteiger charge is 2.12. The van der Waals surface area contributed by atoms with Crippen LogP contribution in [0.3, 0.4) is 0 Å². The second kappa shape index (κ2) is 7.28. The van der Waals surface area contributed by atoms with Gasteiger partial charge < -0.3 is 15.8 Å². The topological polar surface area (TPSA) is 95.1 Å². The Bertz CT molecular complexity index is 583. The number of aromatic nitrogens is 3. The van der Waals surface area contributed by atoms with E-state index in [2.05, 4.69) is 15.6 Å². The SMILES string of the molecule is CCOC(=O)c1cccc(NCCCn2ccnn2)c1N. The van der Waals surface area contributed by atoms with Gasteiger partial charge in [-0.2, -0.15) is 0 Å². The van der Waals surface area contributed by atoms with Gasteiger partial charge in [0.25, 0.3) is 0 Å². The van der Waals surface area contributed by atoms with Crippen LogP contribution in [0.25, 0.3) is 0 Å². The van der Waals surface area contributed by atoms with Crippen molar-refractivity contribution in [3.63, 3.8) is 0 Å². The van der Waals surface area contributed by atoms with Gasteiger partial charge in [-0.3, -0.25) is 4.68 Å². The van der Waals surface area contributed by atoms with Crippen molar-refractivity contribution in [3.8, 4) is 0 Å². The zero-order valence-corrected chi connectivity index (χ0v) is 12.0. The lowest BCUT2D eigenvalue weighted by Crippen LogP contribution is -2.12. The summed E-state index contributed by atoms with van der Waals surface area (Å²) in [5.41, 5.74) is 7.54. The number of aryl methyl sites for hydroxylation is 1. The highest BCUT2D eigenvalue weighted by atomic mass is 16.5. The highest BCUT2D eigenvalue weighted by Crippen LogP contribution is 2.23. The number of hydrogen-bond donors (Lipinski definition) is 2. The Labute approximate surface area is 123 Å². The van der Waals surface area contributed by atoms with Crippen molar-refractivity contribution < 1.29 is 9.53 Å². The van der Waals surface area contributed by atoms with Gasteiger partial charge in [0, 0.05) is 19.3 Å². The molecule has 1 heterocycles. The molecule has 3 N–H and O–H groups in total. The monoisotopic (exact) mass is 289 g/mol. The number of esters is 1. The molecule has 112 valence electrons. The van der Waals surface area contributed by atoms with E-state index in [1.807, 2.05) is 12.3 Å². The second-order valence-electron chi connectivity index (χ2n) is 4.43. The molecule has 2 rings (SSSR count). The predicted octanol–water partition coefficient (Wildman–Crippen LogP) is 1.54. The van der Waals surface area contributed by atoms with E-state index in [1.165, 1.54) is 0 Å². The molecule has 0 aliphatic carbocycles. The van der Waals surface area contributed by atoms with E-state index in [-0.39, 0.29) is 0 Å². The summed E-state index contributed by atoms with van der Waals surface area (Å²) in [4.78, 5) is 11.8. The smallest absolute Gasteiger partial charge is 0.340 e. The summed E-state index contributed by atoms with van der Waals surface area (Å²) in [5.74, 6) is -0.402.